The molecule has 0 atom stereocenters. The van der Waals surface area contributed by atoms with Crippen LogP contribution in [0.1, 0.15) is 36.2 Å². The number of aryl methyl sites for hydroxylation is 1. The predicted octanol–water partition coefficient (Wildman–Crippen LogP) is 3.94. The number of amides is 2. The Hall–Kier alpha value is -2.82. The molecule has 3 rings (SSSR count). The zero-order valence-electron chi connectivity index (χ0n) is 16.9. The summed E-state index contributed by atoms with van der Waals surface area (Å²) in [6.45, 7) is 9.34. The molecule has 1 saturated heterocycles. The molecule has 28 heavy (non-hydrogen) atoms. The first kappa shape index (κ1) is 19.9. The molecular formula is C23H29N3O2. The van der Waals surface area contributed by atoms with E-state index in [1.807, 2.05) is 60.4 Å². The highest BCUT2D eigenvalue weighted by Crippen LogP contribution is 2.20. The van der Waals surface area contributed by atoms with Crippen LogP contribution in [0.5, 0.6) is 0 Å². The van der Waals surface area contributed by atoms with Crippen molar-refractivity contribution in [2.45, 2.75) is 27.2 Å². The monoisotopic (exact) mass is 379 g/mol. The summed E-state index contributed by atoms with van der Waals surface area (Å²) < 4.78 is 0. The van der Waals surface area contributed by atoms with Crippen LogP contribution in [0.15, 0.2) is 48.5 Å². The topological polar surface area (TPSA) is 52.7 Å². The van der Waals surface area contributed by atoms with E-state index in [9.17, 15) is 9.59 Å². The Bertz CT molecular complexity index is 805. The Morgan fingerprint density at radius 3 is 2.11 bits per heavy atom. The van der Waals surface area contributed by atoms with Crippen molar-refractivity contribution >= 4 is 23.2 Å². The molecule has 1 aliphatic heterocycles. The van der Waals surface area contributed by atoms with Gasteiger partial charge in [-0.2, -0.15) is 0 Å². The number of benzene rings is 2. The van der Waals surface area contributed by atoms with Crippen molar-refractivity contribution < 1.29 is 9.59 Å². The van der Waals surface area contributed by atoms with Gasteiger partial charge in [-0.3, -0.25) is 9.59 Å². The second-order valence-electron chi connectivity index (χ2n) is 7.83. The third-order valence-electron chi connectivity index (χ3n) is 5.02. The van der Waals surface area contributed by atoms with Gasteiger partial charge in [-0.1, -0.05) is 31.5 Å². The Morgan fingerprint density at radius 1 is 0.929 bits per heavy atom. The molecule has 5 nitrogen and oxygen atoms in total. The van der Waals surface area contributed by atoms with E-state index in [1.165, 1.54) is 0 Å². The van der Waals surface area contributed by atoms with Crippen molar-refractivity contribution in [2.24, 2.45) is 5.92 Å². The second kappa shape index (κ2) is 8.91. The van der Waals surface area contributed by atoms with Crippen molar-refractivity contribution in [1.82, 2.24) is 4.90 Å². The SMILES string of the molecule is Cc1ccc(C(=O)Nc2ccc(N3CCN(C(=O)CC(C)C)CC3)cc2)cc1. The van der Waals surface area contributed by atoms with Crippen LogP contribution in [0.2, 0.25) is 0 Å². The number of nitrogens with zero attached hydrogens (tertiary/aromatic N) is 2. The molecule has 2 amide bonds. The Kier molecular flexibility index (Phi) is 6.34. The maximum Gasteiger partial charge on any atom is 0.255 e. The number of hydrogen-bond acceptors (Lipinski definition) is 3. The van der Waals surface area contributed by atoms with Gasteiger partial charge < -0.3 is 15.1 Å². The molecule has 5 heteroatoms. The first-order valence-electron chi connectivity index (χ1n) is 9.93. The number of hydrogen-bond donors (Lipinski definition) is 1. The standard InChI is InChI=1S/C23H29N3O2/c1-17(2)16-22(27)26-14-12-25(13-15-26)21-10-8-20(9-11-21)24-23(28)19-6-4-18(3)5-7-19/h4-11,17H,12-16H2,1-3H3,(H,24,28). The van der Waals surface area contributed by atoms with Crippen LogP contribution in [-0.4, -0.2) is 42.9 Å². The molecule has 1 N–H and O–H groups in total. The van der Waals surface area contributed by atoms with Gasteiger partial charge in [-0.05, 0) is 49.2 Å². The van der Waals surface area contributed by atoms with Gasteiger partial charge >= 0.3 is 0 Å². The molecule has 0 spiro atoms. The highest BCUT2D eigenvalue weighted by atomic mass is 16.2. The summed E-state index contributed by atoms with van der Waals surface area (Å²) in [7, 11) is 0. The highest BCUT2D eigenvalue weighted by molar-refractivity contribution is 6.04. The van der Waals surface area contributed by atoms with Gasteiger partial charge in [0.1, 0.15) is 0 Å². The van der Waals surface area contributed by atoms with Gasteiger partial charge in [-0.25, -0.2) is 0 Å². The predicted molar refractivity (Wildman–Crippen MR) is 114 cm³/mol. The van der Waals surface area contributed by atoms with Crippen LogP contribution >= 0.6 is 0 Å². The molecule has 2 aromatic rings. The van der Waals surface area contributed by atoms with Crippen LogP contribution in [0, 0.1) is 12.8 Å². The van der Waals surface area contributed by atoms with E-state index in [-0.39, 0.29) is 11.8 Å². The van der Waals surface area contributed by atoms with Gasteiger partial charge in [0.05, 0.1) is 0 Å². The van der Waals surface area contributed by atoms with E-state index in [1.54, 1.807) is 0 Å². The molecule has 0 unspecified atom stereocenters. The van der Waals surface area contributed by atoms with Gasteiger partial charge in [0, 0.05) is 49.5 Å². The number of carbonyl (C=O) groups is 2. The normalized spacial score (nSPS) is 14.3. The molecular weight excluding hydrogens is 350 g/mol. The third-order valence-corrected chi connectivity index (χ3v) is 5.02. The van der Waals surface area contributed by atoms with Crippen LogP contribution in [0.25, 0.3) is 0 Å². The van der Waals surface area contributed by atoms with Gasteiger partial charge in [0.2, 0.25) is 5.91 Å². The number of rotatable bonds is 5. The summed E-state index contributed by atoms with van der Waals surface area (Å²) in [5, 5.41) is 2.94. The van der Waals surface area contributed by atoms with Gasteiger partial charge in [0.15, 0.2) is 0 Å². The lowest BCUT2D eigenvalue weighted by Crippen LogP contribution is -2.49. The smallest absolute Gasteiger partial charge is 0.255 e. The lowest BCUT2D eigenvalue weighted by atomic mass is 10.1. The summed E-state index contributed by atoms with van der Waals surface area (Å²) in [5.41, 5.74) is 3.67. The minimum Gasteiger partial charge on any atom is -0.368 e. The molecule has 0 aromatic heterocycles. The van der Waals surface area contributed by atoms with E-state index in [4.69, 9.17) is 0 Å². The fourth-order valence-electron chi connectivity index (χ4n) is 3.36. The van der Waals surface area contributed by atoms with E-state index < -0.39 is 0 Å². The average molecular weight is 380 g/mol. The van der Waals surface area contributed by atoms with Gasteiger partial charge in [-0.15, -0.1) is 0 Å². The number of carbonyl (C=O) groups excluding carboxylic acids is 2. The summed E-state index contributed by atoms with van der Waals surface area (Å²) in [6, 6.07) is 15.4. The van der Waals surface area contributed by atoms with Gasteiger partial charge in [0.25, 0.3) is 5.91 Å². The Balaban J connectivity index is 1.54. The highest BCUT2D eigenvalue weighted by Gasteiger charge is 2.21. The summed E-state index contributed by atoms with van der Waals surface area (Å²) in [5.74, 6) is 0.544. The number of nitrogens with one attached hydrogen (secondary N) is 1. The second-order valence-corrected chi connectivity index (χ2v) is 7.83. The maximum absolute atomic E-state index is 12.3. The summed E-state index contributed by atoms with van der Waals surface area (Å²) in [4.78, 5) is 28.8. The minimum atomic E-state index is -0.106. The fourth-order valence-corrected chi connectivity index (χ4v) is 3.36. The van der Waals surface area contributed by atoms with Crippen molar-refractivity contribution in [3.63, 3.8) is 0 Å². The quantitative estimate of drug-likeness (QED) is 0.856. The lowest BCUT2D eigenvalue weighted by Gasteiger charge is -2.36. The largest absolute Gasteiger partial charge is 0.368 e. The summed E-state index contributed by atoms with van der Waals surface area (Å²) >= 11 is 0. The first-order valence-corrected chi connectivity index (χ1v) is 9.93. The molecule has 0 aliphatic carbocycles. The van der Waals surface area contributed by atoms with Crippen LogP contribution in [0.4, 0.5) is 11.4 Å². The Morgan fingerprint density at radius 2 is 1.54 bits per heavy atom. The van der Waals surface area contributed by atoms with E-state index in [2.05, 4.69) is 24.1 Å². The molecule has 148 valence electrons. The third kappa shape index (κ3) is 5.12. The van der Waals surface area contributed by atoms with Crippen molar-refractivity contribution in [3.8, 4) is 0 Å². The van der Waals surface area contributed by atoms with Crippen LogP contribution < -0.4 is 10.2 Å². The molecule has 1 heterocycles. The molecule has 0 bridgehead atoms. The average Bonchev–Trinajstić information content (AvgIpc) is 2.68. The molecule has 1 fully saturated rings. The fraction of sp³-hybridized carbons (Fsp3) is 0.391. The van der Waals surface area contributed by atoms with Crippen LogP contribution in [0.3, 0.4) is 0 Å². The lowest BCUT2D eigenvalue weighted by molar-refractivity contribution is -0.132. The zero-order valence-corrected chi connectivity index (χ0v) is 16.9. The number of anilines is 2. The first-order chi connectivity index (χ1) is 13.4. The molecule has 1 aliphatic rings. The Labute approximate surface area is 167 Å². The van der Waals surface area contributed by atoms with Crippen molar-refractivity contribution in [2.75, 3.05) is 36.4 Å². The molecule has 0 saturated carbocycles. The summed E-state index contributed by atoms with van der Waals surface area (Å²) in [6.07, 6.45) is 0.620. The molecule has 0 radical (unpaired) electrons. The van der Waals surface area contributed by atoms with Crippen LogP contribution in [-0.2, 0) is 4.79 Å². The van der Waals surface area contributed by atoms with E-state index >= 15 is 0 Å². The van der Waals surface area contributed by atoms with Crippen molar-refractivity contribution in [1.29, 1.82) is 0 Å². The van der Waals surface area contributed by atoms with Crippen molar-refractivity contribution in [3.05, 3.63) is 59.7 Å². The van der Waals surface area contributed by atoms with E-state index in [0.29, 0.717) is 17.9 Å². The van der Waals surface area contributed by atoms with E-state index in [0.717, 1.165) is 43.1 Å². The molecule has 2 aromatic carbocycles. The minimum absolute atomic E-state index is 0.106. The number of piperazine rings is 1. The maximum atomic E-state index is 12.3. The zero-order chi connectivity index (χ0) is 20.1.